The molecule has 1 saturated heterocycles. The van der Waals surface area contributed by atoms with Crippen molar-refractivity contribution in [2.45, 2.75) is 19.4 Å². The molecule has 0 spiro atoms. The van der Waals surface area contributed by atoms with Gasteiger partial charge in [0.15, 0.2) is 5.65 Å². The molecule has 10 heteroatoms. The second kappa shape index (κ2) is 11.1. The van der Waals surface area contributed by atoms with Crippen molar-refractivity contribution in [3.63, 3.8) is 0 Å². The molecule has 5 rings (SSSR count). The molecule has 39 heavy (non-hydrogen) atoms. The van der Waals surface area contributed by atoms with Crippen molar-refractivity contribution in [3.8, 4) is 34.5 Å². The van der Waals surface area contributed by atoms with Gasteiger partial charge in [0.2, 0.25) is 0 Å². The van der Waals surface area contributed by atoms with Gasteiger partial charge in [0, 0.05) is 43.0 Å². The lowest BCUT2D eigenvalue weighted by atomic mass is 9.98. The van der Waals surface area contributed by atoms with Crippen molar-refractivity contribution in [1.29, 1.82) is 5.26 Å². The van der Waals surface area contributed by atoms with Crippen LogP contribution in [0.15, 0.2) is 54.9 Å². The van der Waals surface area contributed by atoms with E-state index in [1.807, 2.05) is 0 Å². The molecule has 1 amide bonds. The number of imidazole rings is 1. The van der Waals surface area contributed by atoms with Crippen LogP contribution >= 0.6 is 0 Å². The zero-order chi connectivity index (χ0) is 27.5. The molecule has 1 fully saturated rings. The predicted molar refractivity (Wildman–Crippen MR) is 144 cm³/mol. The van der Waals surface area contributed by atoms with Crippen LogP contribution < -0.4 is 4.74 Å². The number of ether oxygens (including phenoxy) is 1. The first-order valence-electron chi connectivity index (χ1n) is 12.8. The summed E-state index contributed by atoms with van der Waals surface area (Å²) in [5, 5.41) is 18.4. The minimum Gasteiger partial charge on any atom is -0.465 e. The zero-order valence-electron chi connectivity index (χ0n) is 21.8. The van der Waals surface area contributed by atoms with Gasteiger partial charge in [0.05, 0.1) is 36.0 Å². The van der Waals surface area contributed by atoms with Gasteiger partial charge in [-0.15, -0.1) is 0 Å². The number of amides is 1. The van der Waals surface area contributed by atoms with Crippen LogP contribution in [-0.2, 0) is 6.54 Å². The summed E-state index contributed by atoms with van der Waals surface area (Å²) in [7, 11) is 3.50. The third-order valence-corrected chi connectivity index (χ3v) is 7.05. The summed E-state index contributed by atoms with van der Waals surface area (Å²) >= 11 is 0. The first-order chi connectivity index (χ1) is 18.8. The molecular formula is C29H29FN6O3. The lowest BCUT2D eigenvalue weighted by molar-refractivity contribution is 0.143. The second-order valence-electron chi connectivity index (χ2n) is 9.95. The maximum absolute atomic E-state index is 15.2. The minimum absolute atomic E-state index is 0.0793. The van der Waals surface area contributed by atoms with E-state index in [1.165, 1.54) is 13.1 Å². The van der Waals surface area contributed by atoms with Crippen LogP contribution in [0.5, 0.6) is 6.01 Å². The third-order valence-electron chi connectivity index (χ3n) is 7.05. The van der Waals surface area contributed by atoms with Gasteiger partial charge in [-0.2, -0.15) is 10.2 Å². The molecule has 1 aliphatic heterocycles. The average Bonchev–Trinajstić information content (AvgIpc) is 3.42. The summed E-state index contributed by atoms with van der Waals surface area (Å²) in [6, 6.07) is 14.2. The van der Waals surface area contributed by atoms with E-state index in [1.54, 1.807) is 53.2 Å². The Hall–Kier alpha value is -4.49. The Labute approximate surface area is 225 Å². The molecule has 2 aromatic heterocycles. The number of carboxylic acid groups (broad SMARTS) is 1. The normalized spacial score (nSPS) is 15.7. The van der Waals surface area contributed by atoms with Gasteiger partial charge in [0.25, 0.3) is 0 Å². The second-order valence-corrected chi connectivity index (χ2v) is 9.95. The number of halogens is 1. The number of likely N-dealkylation sites (tertiary alicyclic amines) is 1. The van der Waals surface area contributed by atoms with E-state index in [9.17, 15) is 15.2 Å². The Kier molecular flexibility index (Phi) is 7.43. The number of benzene rings is 2. The average molecular weight is 529 g/mol. The van der Waals surface area contributed by atoms with Crippen molar-refractivity contribution < 1.29 is 19.0 Å². The molecule has 1 atom stereocenters. The third kappa shape index (κ3) is 5.54. The number of piperidine rings is 1. The van der Waals surface area contributed by atoms with E-state index < -0.39 is 11.9 Å². The van der Waals surface area contributed by atoms with E-state index in [0.29, 0.717) is 46.6 Å². The number of nitrogens with zero attached hydrogens (tertiary/aromatic N) is 6. The Morgan fingerprint density at radius 3 is 2.72 bits per heavy atom. The van der Waals surface area contributed by atoms with E-state index in [0.717, 1.165) is 36.4 Å². The number of aromatic nitrogens is 3. The molecule has 0 aliphatic carbocycles. The molecule has 0 unspecified atom stereocenters. The maximum atomic E-state index is 15.2. The van der Waals surface area contributed by atoms with Crippen LogP contribution in [0.3, 0.4) is 0 Å². The van der Waals surface area contributed by atoms with Gasteiger partial charge in [-0.3, -0.25) is 4.40 Å². The summed E-state index contributed by atoms with van der Waals surface area (Å²) in [5.74, 6) is -0.148. The number of hydrogen-bond acceptors (Lipinski definition) is 6. The van der Waals surface area contributed by atoms with Crippen molar-refractivity contribution in [2.75, 3.05) is 33.8 Å². The van der Waals surface area contributed by atoms with Crippen LogP contribution in [0.25, 0.3) is 28.0 Å². The fourth-order valence-electron chi connectivity index (χ4n) is 4.99. The van der Waals surface area contributed by atoms with Crippen molar-refractivity contribution in [1.82, 2.24) is 24.2 Å². The summed E-state index contributed by atoms with van der Waals surface area (Å²) < 4.78 is 23.3. The maximum Gasteiger partial charge on any atom is 0.407 e. The standard InChI is InChI=1S/C29H29FN6O3/c1-34-12-3-4-20(16-34)18-39-28-33-26(21-7-5-19(15-31)6-8-21)25(27-32-11-13-36(27)28)22-9-10-23(24(30)14-22)17-35(2)29(37)38/h5-11,13-14,20H,3-4,12,16-18H2,1-2H3,(H,37,38)/t20-/m1/s1. The van der Waals surface area contributed by atoms with Crippen molar-refractivity contribution in [3.05, 3.63) is 71.8 Å². The van der Waals surface area contributed by atoms with Gasteiger partial charge in [-0.1, -0.05) is 24.3 Å². The molecular weight excluding hydrogens is 499 g/mol. The van der Waals surface area contributed by atoms with Gasteiger partial charge >= 0.3 is 12.1 Å². The van der Waals surface area contributed by atoms with Crippen LogP contribution in [0.1, 0.15) is 24.0 Å². The monoisotopic (exact) mass is 528 g/mol. The van der Waals surface area contributed by atoms with E-state index in [-0.39, 0.29) is 12.1 Å². The zero-order valence-corrected chi connectivity index (χ0v) is 21.8. The van der Waals surface area contributed by atoms with Gasteiger partial charge in [-0.05, 0) is 50.2 Å². The van der Waals surface area contributed by atoms with E-state index >= 15 is 4.39 Å². The molecule has 0 saturated carbocycles. The Morgan fingerprint density at radius 1 is 1.26 bits per heavy atom. The van der Waals surface area contributed by atoms with Crippen LogP contribution in [-0.4, -0.2) is 69.2 Å². The molecule has 1 N–H and O–H groups in total. The highest BCUT2D eigenvalue weighted by Gasteiger charge is 2.23. The number of nitriles is 1. The quantitative estimate of drug-likeness (QED) is 0.363. The lowest BCUT2D eigenvalue weighted by Gasteiger charge is -2.29. The molecule has 200 valence electrons. The summed E-state index contributed by atoms with van der Waals surface area (Å²) in [5.41, 5.74) is 3.74. The summed E-state index contributed by atoms with van der Waals surface area (Å²) in [6.45, 7) is 2.47. The van der Waals surface area contributed by atoms with E-state index in [4.69, 9.17) is 9.72 Å². The van der Waals surface area contributed by atoms with E-state index in [2.05, 4.69) is 23.0 Å². The van der Waals surface area contributed by atoms with Crippen LogP contribution in [0, 0.1) is 23.1 Å². The fraction of sp³-hybridized carbons (Fsp3) is 0.310. The molecule has 3 heterocycles. The SMILES string of the molecule is CN1CCC[C@@H](COc2nc(-c3ccc(C#N)cc3)c(-c3ccc(CN(C)C(=O)O)c(F)c3)c3nccn23)C1. The van der Waals surface area contributed by atoms with Crippen molar-refractivity contribution >= 4 is 11.7 Å². The number of fused-ring (bicyclic) bond motifs is 1. The highest BCUT2D eigenvalue weighted by atomic mass is 19.1. The number of carbonyl (C=O) groups is 1. The first-order valence-corrected chi connectivity index (χ1v) is 12.8. The molecule has 4 aromatic rings. The Bertz CT molecular complexity index is 1550. The Balaban J connectivity index is 1.59. The van der Waals surface area contributed by atoms with Gasteiger partial charge in [-0.25, -0.2) is 14.2 Å². The number of rotatable bonds is 7. The first kappa shape index (κ1) is 26.1. The molecule has 0 radical (unpaired) electrons. The smallest absolute Gasteiger partial charge is 0.407 e. The largest absolute Gasteiger partial charge is 0.465 e. The summed E-state index contributed by atoms with van der Waals surface area (Å²) in [6.07, 6.45) is 4.48. The minimum atomic E-state index is -1.14. The highest BCUT2D eigenvalue weighted by molar-refractivity contribution is 5.90. The summed E-state index contributed by atoms with van der Waals surface area (Å²) in [4.78, 5) is 24.0. The lowest BCUT2D eigenvalue weighted by Crippen LogP contribution is -2.35. The van der Waals surface area contributed by atoms with Gasteiger partial charge < -0.3 is 19.6 Å². The Morgan fingerprint density at radius 2 is 2.03 bits per heavy atom. The molecule has 0 bridgehead atoms. The topological polar surface area (TPSA) is 107 Å². The highest BCUT2D eigenvalue weighted by Crippen LogP contribution is 2.37. The molecule has 1 aliphatic rings. The molecule has 2 aromatic carbocycles. The van der Waals surface area contributed by atoms with Crippen molar-refractivity contribution in [2.24, 2.45) is 5.92 Å². The van der Waals surface area contributed by atoms with Crippen LogP contribution in [0.4, 0.5) is 9.18 Å². The van der Waals surface area contributed by atoms with Gasteiger partial charge in [0.1, 0.15) is 5.82 Å². The molecule has 9 nitrogen and oxygen atoms in total. The van der Waals surface area contributed by atoms with Crippen LogP contribution in [0.2, 0.25) is 0 Å². The predicted octanol–water partition coefficient (Wildman–Crippen LogP) is 4.90. The number of hydrogen-bond donors (Lipinski definition) is 1. The fourth-order valence-corrected chi connectivity index (χ4v) is 4.99.